The van der Waals surface area contributed by atoms with Crippen LogP contribution < -0.4 is 10.9 Å². The Hall–Kier alpha value is -3.25. The standard InChI is InChI=1S/C22H18N2O3S/c1-14-18-8-4-5-9-19(18)27-21(14)22(26)24-23-20(25)13-28-17-11-10-15-6-2-3-7-16(15)12-17/h2-12H,13H2,1H3,(H,23,25)(H,24,26). The second kappa shape index (κ2) is 7.78. The topological polar surface area (TPSA) is 71.3 Å². The van der Waals surface area contributed by atoms with Crippen LogP contribution in [0.1, 0.15) is 16.1 Å². The van der Waals surface area contributed by atoms with Crippen molar-refractivity contribution in [2.24, 2.45) is 0 Å². The average Bonchev–Trinajstić information content (AvgIpc) is 3.07. The lowest BCUT2D eigenvalue weighted by Gasteiger charge is -2.07. The van der Waals surface area contributed by atoms with Gasteiger partial charge in [0.15, 0.2) is 5.76 Å². The summed E-state index contributed by atoms with van der Waals surface area (Å²) in [7, 11) is 0. The number of hydrogen-bond donors (Lipinski definition) is 2. The maximum Gasteiger partial charge on any atom is 0.305 e. The van der Waals surface area contributed by atoms with Crippen molar-refractivity contribution in [2.75, 3.05) is 5.75 Å². The van der Waals surface area contributed by atoms with Crippen LogP contribution in [0.2, 0.25) is 0 Å². The number of thioether (sulfide) groups is 1. The van der Waals surface area contributed by atoms with Crippen molar-refractivity contribution in [1.29, 1.82) is 0 Å². The number of nitrogens with one attached hydrogen (secondary N) is 2. The summed E-state index contributed by atoms with van der Waals surface area (Å²) in [6.07, 6.45) is 0. The van der Waals surface area contributed by atoms with Gasteiger partial charge < -0.3 is 4.42 Å². The van der Waals surface area contributed by atoms with E-state index in [0.29, 0.717) is 5.58 Å². The number of rotatable bonds is 4. The van der Waals surface area contributed by atoms with E-state index in [1.54, 1.807) is 6.07 Å². The zero-order chi connectivity index (χ0) is 19.5. The molecular formula is C22H18N2O3S. The van der Waals surface area contributed by atoms with E-state index >= 15 is 0 Å². The smallest absolute Gasteiger partial charge is 0.305 e. The predicted molar refractivity (Wildman–Crippen MR) is 111 cm³/mol. The minimum atomic E-state index is -0.474. The first-order chi connectivity index (χ1) is 13.6. The Kier molecular flexibility index (Phi) is 5.04. The molecule has 0 atom stereocenters. The van der Waals surface area contributed by atoms with E-state index in [2.05, 4.69) is 10.9 Å². The molecule has 4 aromatic rings. The van der Waals surface area contributed by atoms with Gasteiger partial charge in [0.05, 0.1) is 5.75 Å². The van der Waals surface area contributed by atoms with E-state index in [9.17, 15) is 9.59 Å². The van der Waals surface area contributed by atoms with Crippen molar-refractivity contribution in [3.8, 4) is 0 Å². The van der Waals surface area contributed by atoms with E-state index in [4.69, 9.17) is 4.42 Å². The van der Waals surface area contributed by atoms with E-state index in [1.807, 2.05) is 67.6 Å². The molecule has 2 N–H and O–H groups in total. The fourth-order valence-corrected chi connectivity index (χ4v) is 3.76. The summed E-state index contributed by atoms with van der Waals surface area (Å²) in [5.41, 5.74) is 6.25. The second-order valence-electron chi connectivity index (χ2n) is 6.35. The number of carbonyl (C=O) groups excluding carboxylic acids is 2. The van der Waals surface area contributed by atoms with E-state index in [1.165, 1.54) is 11.8 Å². The van der Waals surface area contributed by atoms with Crippen molar-refractivity contribution in [1.82, 2.24) is 10.9 Å². The lowest BCUT2D eigenvalue weighted by molar-refractivity contribution is -0.119. The number of benzene rings is 3. The summed E-state index contributed by atoms with van der Waals surface area (Å²) in [6, 6.07) is 21.6. The predicted octanol–water partition coefficient (Wildman–Crippen LogP) is 4.45. The number of fused-ring (bicyclic) bond motifs is 2. The third kappa shape index (κ3) is 3.73. The third-order valence-corrected chi connectivity index (χ3v) is 5.45. The molecule has 28 heavy (non-hydrogen) atoms. The van der Waals surface area contributed by atoms with Crippen LogP contribution in [0.15, 0.2) is 76.0 Å². The van der Waals surface area contributed by atoms with E-state index in [-0.39, 0.29) is 17.4 Å². The van der Waals surface area contributed by atoms with Crippen LogP contribution in [0.4, 0.5) is 0 Å². The summed E-state index contributed by atoms with van der Waals surface area (Å²) in [5.74, 6) is -0.376. The van der Waals surface area contributed by atoms with Crippen molar-refractivity contribution in [2.45, 2.75) is 11.8 Å². The van der Waals surface area contributed by atoms with Gasteiger partial charge in [0.1, 0.15) is 5.58 Å². The van der Waals surface area contributed by atoms with Gasteiger partial charge in [0, 0.05) is 15.8 Å². The molecule has 0 unspecified atom stereocenters. The summed E-state index contributed by atoms with van der Waals surface area (Å²) in [6.45, 7) is 1.82. The van der Waals surface area contributed by atoms with Gasteiger partial charge in [-0.1, -0.05) is 48.5 Å². The molecule has 0 aliphatic rings. The lowest BCUT2D eigenvalue weighted by atomic mass is 10.1. The number of hydrogen-bond acceptors (Lipinski definition) is 4. The molecule has 0 fully saturated rings. The highest BCUT2D eigenvalue weighted by atomic mass is 32.2. The van der Waals surface area contributed by atoms with Gasteiger partial charge in [-0.3, -0.25) is 20.4 Å². The highest BCUT2D eigenvalue weighted by Crippen LogP contribution is 2.25. The van der Waals surface area contributed by atoms with Crippen LogP contribution in [0, 0.1) is 6.92 Å². The van der Waals surface area contributed by atoms with Gasteiger partial charge in [-0.25, -0.2) is 0 Å². The summed E-state index contributed by atoms with van der Waals surface area (Å²) in [4.78, 5) is 25.4. The fourth-order valence-electron chi connectivity index (χ4n) is 3.02. The molecule has 6 heteroatoms. The van der Waals surface area contributed by atoms with Crippen LogP contribution in [-0.4, -0.2) is 17.6 Å². The van der Waals surface area contributed by atoms with Crippen molar-refractivity contribution < 1.29 is 14.0 Å². The van der Waals surface area contributed by atoms with Crippen LogP contribution in [0.25, 0.3) is 21.7 Å². The zero-order valence-electron chi connectivity index (χ0n) is 15.2. The molecule has 4 rings (SSSR count). The quantitative estimate of drug-likeness (QED) is 0.399. The fraction of sp³-hybridized carbons (Fsp3) is 0.0909. The molecule has 0 saturated carbocycles. The number of furan rings is 1. The number of aryl methyl sites for hydroxylation is 1. The first kappa shape index (κ1) is 18.1. The molecule has 3 aromatic carbocycles. The van der Waals surface area contributed by atoms with Gasteiger partial charge in [-0.15, -0.1) is 11.8 Å². The Labute approximate surface area is 166 Å². The zero-order valence-corrected chi connectivity index (χ0v) is 16.0. The van der Waals surface area contributed by atoms with Crippen LogP contribution in [-0.2, 0) is 4.79 Å². The van der Waals surface area contributed by atoms with Crippen LogP contribution in [0.3, 0.4) is 0 Å². The Balaban J connectivity index is 1.34. The lowest BCUT2D eigenvalue weighted by Crippen LogP contribution is -2.42. The second-order valence-corrected chi connectivity index (χ2v) is 7.40. The minimum Gasteiger partial charge on any atom is -0.451 e. The summed E-state index contributed by atoms with van der Waals surface area (Å²) < 4.78 is 5.59. The van der Waals surface area contributed by atoms with Crippen molar-refractivity contribution >= 4 is 45.3 Å². The third-order valence-electron chi connectivity index (χ3n) is 4.46. The summed E-state index contributed by atoms with van der Waals surface area (Å²) >= 11 is 1.41. The molecule has 0 saturated heterocycles. The Morgan fingerprint density at radius 1 is 0.929 bits per heavy atom. The van der Waals surface area contributed by atoms with Gasteiger partial charge in [-0.05, 0) is 35.9 Å². The molecule has 5 nitrogen and oxygen atoms in total. The van der Waals surface area contributed by atoms with E-state index < -0.39 is 5.91 Å². The number of carbonyl (C=O) groups is 2. The van der Waals surface area contributed by atoms with E-state index in [0.717, 1.165) is 26.6 Å². The molecule has 2 amide bonds. The highest BCUT2D eigenvalue weighted by Gasteiger charge is 2.17. The van der Waals surface area contributed by atoms with Crippen LogP contribution in [0.5, 0.6) is 0 Å². The van der Waals surface area contributed by atoms with Gasteiger partial charge >= 0.3 is 5.91 Å². The molecule has 1 aromatic heterocycles. The molecule has 0 aliphatic carbocycles. The van der Waals surface area contributed by atoms with Crippen molar-refractivity contribution in [3.63, 3.8) is 0 Å². The molecule has 140 valence electrons. The Bertz CT molecular complexity index is 1180. The van der Waals surface area contributed by atoms with Gasteiger partial charge in [0.25, 0.3) is 0 Å². The summed E-state index contributed by atoms with van der Waals surface area (Å²) in [5, 5.41) is 3.16. The SMILES string of the molecule is Cc1c(C(=O)NNC(=O)CSc2ccc3ccccc3c2)oc2ccccc12. The molecule has 1 heterocycles. The Morgan fingerprint density at radius 2 is 1.68 bits per heavy atom. The minimum absolute atomic E-state index is 0.192. The number of hydrazine groups is 1. The van der Waals surface area contributed by atoms with Gasteiger partial charge in [-0.2, -0.15) is 0 Å². The van der Waals surface area contributed by atoms with Crippen LogP contribution >= 0.6 is 11.8 Å². The maximum absolute atomic E-state index is 12.3. The molecule has 0 spiro atoms. The normalized spacial score (nSPS) is 10.9. The average molecular weight is 390 g/mol. The molecular weight excluding hydrogens is 372 g/mol. The maximum atomic E-state index is 12.3. The van der Waals surface area contributed by atoms with Crippen molar-refractivity contribution in [3.05, 3.63) is 78.1 Å². The number of para-hydroxylation sites is 1. The first-order valence-electron chi connectivity index (χ1n) is 8.81. The largest absolute Gasteiger partial charge is 0.451 e. The molecule has 0 radical (unpaired) electrons. The molecule has 0 bridgehead atoms. The monoisotopic (exact) mass is 390 g/mol. The number of amides is 2. The highest BCUT2D eigenvalue weighted by molar-refractivity contribution is 8.00. The Morgan fingerprint density at radius 3 is 2.50 bits per heavy atom. The first-order valence-corrected chi connectivity index (χ1v) is 9.79. The molecule has 0 aliphatic heterocycles. The van der Waals surface area contributed by atoms with Gasteiger partial charge in [0.2, 0.25) is 5.91 Å².